The van der Waals surface area contributed by atoms with Gasteiger partial charge in [0.1, 0.15) is 0 Å². The van der Waals surface area contributed by atoms with Crippen LogP contribution in [0.2, 0.25) is 0 Å². The van der Waals surface area contributed by atoms with Gasteiger partial charge in [0, 0.05) is 5.57 Å². The molecule has 5 nitrogen and oxygen atoms in total. The molecule has 0 fully saturated rings. The second-order valence-electron chi connectivity index (χ2n) is 1.73. The molecule has 0 atom stereocenters. The molecule has 1 N–H and O–H groups in total. The Bertz CT molecular complexity index is 198. The van der Waals surface area contributed by atoms with Crippen molar-refractivity contribution in [2.45, 2.75) is 13.8 Å². The van der Waals surface area contributed by atoms with Gasteiger partial charge in [0.2, 0.25) is 0 Å². The summed E-state index contributed by atoms with van der Waals surface area (Å²) in [5.74, 6) is -0.935. The highest BCUT2D eigenvalue weighted by atomic mass is 32.2. The summed E-state index contributed by atoms with van der Waals surface area (Å²) < 4.78 is 22.8. The van der Waals surface area contributed by atoms with Crippen molar-refractivity contribution in [3.05, 3.63) is 12.2 Å². The van der Waals surface area contributed by atoms with Gasteiger partial charge in [0.15, 0.2) is 0 Å². The molecule has 0 aliphatic carbocycles. The molecule has 0 aliphatic rings. The maximum Gasteiger partial charge on any atom is 0.330 e. The molecule has 12 heavy (non-hydrogen) atoms. The predicted octanol–water partition coefficient (Wildman–Crippen LogP) is 0.196. The molecule has 0 spiro atoms. The van der Waals surface area contributed by atoms with Gasteiger partial charge in [-0.15, -0.1) is 0 Å². The quantitative estimate of drug-likeness (QED) is 0.497. The molecule has 0 amide bonds. The Morgan fingerprint density at radius 3 is 1.92 bits per heavy atom. The molecule has 0 aliphatic heterocycles. The van der Waals surface area contributed by atoms with Gasteiger partial charge in [-0.05, 0) is 13.8 Å². The molecule has 0 heterocycles. The van der Waals surface area contributed by atoms with E-state index in [0.29, 0.717) is 0 Å². The van der Waals surface area contributed by atoms with Crippen LogP contribution in [0.4, 0.5) is 0 Å². The van der Waals surface area contributed by atoms with Gasteiger partial charge in [-0.1, -0.05) is 6.58 Å². The smallest absolute Gasteiger partial charge is 0.330 e. The minimum Gasteiger partial charge on any atom is -0.478 e. The lowest BCUT2D eigenvalue weighted by atomic mass is 10.4. The van der Waals surface area contributed by atoms with E-state index in [9.17, 15) is 13.2 Å². The fraction of sp³-hybridized carbons (Fsp3) is 0.500. The first kappa shape index (κ1) is 13.7. The lowest BCUT2D eigenvalue weighted by Gasteiger charge is -1.79. The Labute approximate surface area is 72.8 Å². The largest absolute Gasteiger partial charge is 0.478 e. The van der Waals surface area contributed by atoms with Gasteiger partial charge >= 0.3 is 5.97 Å². The van der Waals surface area contributed by atoms with E-state index in [1.807, 2.05) is 0 Å². The summed E-state index contributed by atoms with van der Waals surface area (Å²) in [5, 5.41) is 7.89. The first-order valence-corrected chi connectivity index (χ1v) is 4.17. The molecule has 0 bridgehead atoms. The van der Waals surface area contributed by atoms with Gasteiger partial charge in [-0.2, -0.15) is 0 Å². The molecule has 6 heteroatoms. The number of hydrogen-bond donors (Lipinski definition) is 2. The van der Waals surface area contributed by atoms with Crippen LogP contribution < -0.4 is 0 Å². The molecule has 0 rings (SSSR count). The fourth-order valence-electron chi connectivity index (χ4n) is 0.105. The summed E-state index contributed by atoms with van der Waals surface area (Å²) in [6.07, 6.45) is 0. The average Bonchev–Trinajstić information content (AvgIpc) is 1.87. The van der Waals surface area contributed by atoms with Crippen LogP contribution >= 0.6 is 0 Å². The molecule has 0 saturated carbocycles. The van der Waals surface area contributed by atoms with Crippen LogP contribution in [-0.2, 0) is 20.0 Å². The zero-order valence-corrected chi connectivity index (χ0v) is 7.84. The average molecular weight is 196 g/mol. The normalized spacial score (nSPS) is 8.58. The molecule has 0 aromatic carbocycles. The van der Waals surface area contributed by atoms with E-state index in [0.717, 1.165) is 0 Å². The molecule has 0 aromatic heterocycles. The van der Waals surface area contributed by atoms with Crippen molar-refractivity contribution in [3.63, 3.8) is 0 Å². The summed E-state index contributed by atoms with van der Waals surface area (Å²) >= 11 is 0. The van der Waals surface area contributed by atoms with Crippen LogP contribution in [0.5, 0.6) is 0 Å². The zero-order valence-electron chi connectivity index (χ0n) is 6.94. The summed E-state index contributed by atoms with van der Waals surface area (Å²) in [5.41, 5.74) is 0.176. The number of carbonyl (C=O) groups is 1. The Morgan fingerprint density at radius 2 is 1.92 bits per heavy atom. The van der Waals surface area contributed by atoms with Gasteiger partial charge < -0.3 is 5.11 Å². The topological polar surface area (TPSA) is 80.7 Å². The van der Waals surface area contributed by atoms with E-state index < -0.39 is 17.0 Å². The first-order valence-electron chi connectivity index (χ1n) is 3.07. The minimum atomic E-state index is -2.60. The third-order valence-electron chi connectivity index (χ3n) is 0.600. The van der Waals surface area contributed by atoms with Crippen molar-refractivity contribution in [2.24, 2.45) is 0 Å². The first-order chi connectivity index (χ1) is 5.41. The molecular formula is C6H12O5S. The zero-order chi connectivity index (χ0) is 10.1. The predicted molar refractivity (Wildman–Crippen MR) is 44.4 cm³/mol. The van der Waals surface area contributed by atoms with Gasteiger partial charge in [0.25, 0.3) is 11.0 Å². The third kappa shape index (κ3) is 16.1. The highest BCUT2D eigenvalue weighted by Crippen LogP contribution is 1.81. The molecule has 0 unspecified atom stereocenters. The van der Waals surface area contributed by atoms with E-state index in [2.05, 4.69) is 10.8 Å². The van der Waals surface area contributed by atoms with E-state index in [1.54, 1.807) is 6.92 Å². The van der Waals surface area contributed by atoms with E-state index in [1.165, 1.54) is 6.92 Å². The summed E-state index contributed by atoms with van der Waals surface area (Å²) in [6, 6.07) is 0. The summed E-state index contributed by atoms with van der Waals surface area (Å²) in [7, 11) is -2.60. The molecule has 0 aromatic rings. The minimum absolute atomic E-state index is 0.176. The van der Waals surface area contributed by atoms with Crippen LogP contribution in [0.25, 0.3) is 0 Å². The van der Waals surface area contributed by atoms with Crippen LogP contribution in [0.1, 0.15) is 13.8 Å². The molecule has 72 valence electrons. The number of carboxylic acids is 1. The Kier molecular flexibility index (Phi) is 9.38. The number of carboxylic acid groups (broad SMARTS) is 1. The van der Waals surface area contributed by atoms with Gasteiger partial charge in [-0.25, -0.2) is 13.2 Å². The van der Waals surface area contributed by atoms with Crippen molar-refractivity contribution in [1.29, 1.82) is 0 Å². The van der Waals surface area contributed by atoms with Crippen LogP contribution in [0.15, 0.2) is 12.2 Å². The summed E-state index contributed by atoms with van der Waals surface area (Å²) in [6.45, 7) is 6.45. The Morgan fingerprint density at radius 1 is 1.58 bits per heavy atom. The van der Waals surface area contributed by atoms with Crippen molar-refractivity contribution in [2.75, 3.05) is 6.61 Å². The second-order valence-corrected chi connectivity index (χ2v) is 2.43. The van der Waals surface area contributed by atoms with E-state index in [4.69, 9.17) is 5.11 Å². The number of hydrogen-bond acceptors (Lipinski definition) is 4. The van der Waals surface area contributed by atoms with E-state index in [-0.39, 0.29) is 12.2 Å². The number of aliphatic carboxylic acids is 1. The van der Waals surface area contributed by atoms with Crippen molar-refractivity contribution in [3.8, 4) is 0 Å². The van der Waals surface area contributed by atoms with Crippen LogP contribution in [-0.4, -0.2) is 26.1 Å². The van der Waals surface area contributed by atoms with Gasteiger partial charge in [0.05, 0.1) is 6.61 Å². The van der Waals surface area contributed by atoms with Crippen LogP contribution in [0, 0.1) is 0 Å². The monoisotopic (exact) mass is 196 g/mol. The van der Waals surface area contributed by atoms with Crippen molar-refractivity contribution >= 4 is 17.0 Å². The Hall–Kier alpha value is -0.880. The fourth-order valence-corrected chi connectivity index (χ4v) is 0.316. The number of thiol groups is 1. The second kappa shape index (κ2) is 8.22. The summed E-state index contributed by atoms with van der Waals surface area (Å²) in [4.78, 5) is 9.60. The lowest BCUT2D eigenvalue weighted by molar-refractivity contribution is -0.132. The van der Waals surface area contributed by atoms with Crippen LogP contribution in [0.3, 0.4) is 0 Å². The SMILES string of the molecule is C=C(C)C(=O)O.CCO[SH](=O)=O. The molecule has 0 radical (unpaired) electrons. The standard InChI is InChI=1S/C4H6O2.C2H6O3S/c1-3(2)4(5)6;1-2-5-6(3)4/h1H2,2H3,(H,5,6);6H,2H2,1H3. The maximum atomic E-state index is 9.60. The lowest BCUT2D eigenvalue weighted by Crippen LogP contribution is -1.92. The third-order valence-corrected chi connectivity index (χ3v) is 1.07. The molecular weight excluding hydrogens is 184 g/mol. The van der Waals surface area contributed by atoms with Gasteiger partial charge in [-0.3, -0.25) is 4.18 Å². The van der Waals surface area contributed by atoms with Crippen molar-refractivity contribution in [1.82, 2.24) is 0 Å². The van der Waals surface area contributed by atoms with E-state index >= 15 is 0 Å². The number of rotatable bonds is 3. The Balaban J connectivity index is 0. The highest BCUT2D eigenvalue weighted by Gasteiger charge is 1.90. The highest BCUT2D eigenvalue weighted by molar-refractivity contribution is 7.67. The van der Waals surface area contributed by atoms with Crippen molar-refractivity contribution < 1.29 is 22.5 Å². The maximum absolute atomic E-state index is 9.60. The molecule has 0 saturated heterocycles.